The van der Waals surface area contributed by atoms with E-state index in [2.05, 4.69) is 23.1 Å². The zero-order valence-corrected chi connectivity index (χ0v) is 10.9. The molecule has 1 fully saturated rings. The predicted molar refractivity (Wildman–Crippen MR) is 68.0 cm³/mol. The van der Waals surface area contributed by atoms with E-state index in [-0.39, 0.29) is 17.8 Å². The number of rotatable bonds is 4. The second-order valence-corrected chi connectivity index (χ2v) is 4.36. The van der Waals surface area contributed by atoms with E-state index in [0.717, 1.165) is 19.4 Å². The molecular formula is C12H20FN3O2. The van der Waals surface area contributed by atoms with Crippen LogP contribution >= 0.6 is 0 Å². The molecule has 1 atom stereocenters. The van der Waals surface area contributed by atoms with Gasteiger partial charge in [-0.2, -0.15) is 4.99 Å². The molecular weight excluding hydrogens is 237 g/mol. The normalized spacial score (nSPS) is 20.9. The van der Waals surface area contributed by atoms with Crippen LogP contribution in [0.25, 0.3) is 0 Å². The van der Waals surface area contributed by atoms with Crippen molar-refractivity contribution in [2.45, 2.75) is 18.9 Å². The Morgan fingerprint density at radius 3 is 2.72 bits per heavy atom. The van der Waals surface area contributed by atoms with Crippen molar-refractivity contribution in [2.75, 3.05) is 27.2 Å². The molecule has 1 aliphatic rings. The van der Waals surface area contributed by atoms with Gasteiger partial charge in [0.15, 0.2) is 0 Å². The first-order valence-corrected chi connectivity index (χ1v) is 5.80. The highest BCUT2D eigenvalue weighted by atomic mass is 19.1. The van der Waals surface area contributed by atoms with Crippen LogP contribution in [0.4, 0.5) is 4.39 Å². The summed E-state index contributed by atoms with van der Waals surface area (Å²) in [4.78, 5) is 5.92. The molecule has 1 heterocycles. The zero-order valence-electron chi connectivity index (χ0n) is 10.9. The number of hydroxylamine groups is 2. The van der Waals surface area contributed by atoms with Gasteiger partial charge in [0.05, 0.1) is 5.70 Å². The summed E-state index contributed by atoms with van der Waals surface area (Å²) in [5.74, 6) is -0.754. The molecule has 18 heavy (non-hydrogen) atoms. The van der Waals surface area contributed by atoms with Gasteiger partial charge in [-0.15, -0.1) is 0 Å². The van der Waals surface area contributed by atoms with Crippen LogP contribution in [-0.2, 0) is 4.74 Å². The van der Waals surface area contributed by atoms with E-state index in [1.54, 1.807) is 0 Å². The zero-order chi connectivity index (χ0) is 13.7. The first kappa shape index (κ1) is 14.7. The number of nitrogens with zero attached hydrogens (tertiary/aromatic N) is 3. The highest BCUT2D eigenvalue weighted by Crippen LogP contribution is 2.15. The predicted octanol–water partition coefficient (Wildman–Crippen LogP) is 1.77. The van der Waals surface area contributed by atoms with Crippen LogP contribution < -0.4 is 0 Å². The van der Waals surface area contributed by atoms with Crippen molar-refractivity contribution in [3.05, 3.63) is 24.7 Å². The fourth-order valence-electron chi connectivity index (χ4n) is 1.73. The molecule has 0 aromatic carbocycles. The second-order valence-electron chi connectivity index (χ2n) is 4.36. The lowest BCUT2D eigenvalue weighted by molar-refractivity contribution is -0.0193. The Morgan fingerprint density at radius 2 is 2.28 bits per heavy atom. The molecule has 0 spiro atoms. The number of allylic oxidation sites excluding steroid dienone is 1. The molecule has 0 aromatic heterocycles. The molecule has 0 amide bonds. The quantitative estimate of drug-likeness (QED) is 0.361. The van der Waals surface area contributed by atoms with Crippen LogP contribution in [0.15, 0.2) is 29.7 Å². The van der Waals surface area contributed by atoms with E-state index in [1.807, 2.05) is 7.05 Å². The maximum atomic E-state index is 12.8. The Bertz CT molecular complexity index is 355. The molecule has 1 aliphatic heterocycles. The number of aliphatic imine (C=N–C) groups is 1. The van der Waals surface area contributed by atoms with E-state index in [9.17, 15) is 9.60 Å². The minimum absolute atomic E-state index is 0.0842. The van der Waals surface area contributed by atoms with Gasteiger partial charge in [-0.25, -0.2) is 9.45 Å². The maximum Gasteiger partial charge on any atom is 0.316 e. The lowest BCUT2D eigenvalue weighted by Gasteiger charge is -2.21. The van der Waals surface area contributed by atoms with Gasteiger partial charge in [-0.1, -0.05) is 13.2 Å². The Balaban J connectivity index is 2.58. The molecule has 0 saturated carbocycles. The van der Waals surface area contributed by atoms with E-state index >= 15 is 0 Å². The van der Waals surface area contributed by atoms with Gasteiger partial charge >= 0.3 is 6.02 Å². The minimum Gasteiger partial charge on any atom is -0.462 e. The number of likely N-dealkylation sites (tertiary alicyclic amines) is 1. The summed E-state index contributed by atoms with van der Waals surface area (Å²) in [6.07, 6.45) is 2.16. The van der Waals surface area contributed by atoms with Crippen LogP contribution in [0.1, 0.15) is 12.8 Å². The van der Waals surface area contributed by atoms with Gasteiger partial charge in [0.25, 0.3) is 0 Å². The van der Waals surface area contributed by atoms with Gasteiger partial charge in [0.1, 0.15) is 12.4 Å². The molecule has 1 N–H and O–H groups in total. The average Bonchev–Trinajstić information content (AvgIpc) is 2.69. The summed E-state index contributed by atoms with van der Waals surface area (Å²) in [5.41, 5.74) is -0.161. The van der Waals surface area contributed by atoms with Crippen LogP contribution in [0.3, 0.4) is 0 Å². The number of ether oxygens (including phenoxy) is 1. The first-order chi connectivity index (χ1) is 8.41. The lowest BCUT2D eigenvalue weighted by atomic mass is 10.2. The van der Waals surface area contributed by atoms with Gasteiger partial charge < -0.3 is 9.64 Å². The number of halogens is 1. The molecule has 1 rings (SSSR count). The van der Waals surface area contributed by atoms with Crippen LogP contribution in [0.2, 0.25) is 0 Å². The summed E-state index contributed by atoms with van der Waals surface area (Å²) < 4.78 is 18.2. The van der Waals surface area contributed by atoms with E-state index in [4.69, 9.17) is 4.74 Å². The Labute approximate surface area is 107 Å². The highest BCUT2D eigenvalue weighted by molar-refractivity contribution is 5.73. The molecule has 5 nitrogen and oxygen atoms in total. The number of hydrogen-bond donors (Lipinski definition) is 1. The van der Waals surface area contributed by atoms with Crippen molar-refractivity contribution >= 4 is 6.02 Å². The average molecular weight is 257 g/mol. The number of amidine groups is 1. The smallest absolute Gasteiger partial charge is 0.316 e. The van der Waals surface area contributed by atoms with Gasteiger partial charge in [0, 0.05) is 13.1 Å². The third-order valence-corrected chi connectivity index (χ3v) is 2.90. The summed E-state index contributed by atoms with van der Waals surface area (Å²) >= 11 is 0. The van der Waals surface area contributed by atoms with E-state index in [0.29, 0.717) is 11.7 Å². The fourth-order valence-corrected chi connectivity index (χ4v) is 1.73. The van der Waals surface area contributed by atoms with Gasteiger partial charge in [-0.05, 0) is 26.4 Å². The third kappa shape index (κ3) is 4.12. The Hall–Kier alpha value is -1.40. The van der Waals surface area contributed by atoms with Crippen molar-refractivity contribution in [2.24, 2.45) is 4.99 Å². The summed E-state index contributed by atoms with van der Waals surface area (Å²) in [7, 11) is 3.37. The summed E-state index contributed by atoms with van der Waals surface area (Å²) in [5, 5.41) is 10.1. The second kappa shape index (κ2) is 6.51. The first-order valence-electron chi connectivity index (χ1n) is 5.80. The molecule has 0 unspecified atom stereocenters. The number of likely N-dealkylation sites (N-methyl/N-ethyl adjacent to an activating group) is 1. The maximum absolute atomic E-state index is 12.8. The topological polar surface area (TPSA) is 48.3 Å². The standard InChI is InChI=1S/C12H20FN3O2/c1-9(13)10(2)14-12(16(4)17)18-8-11-6-5-7-15(11)3/h11,17H,1-2,5-8H2,3-4H3/b14-12+/t11-/m0/s1. The van der Waals surface area contributed by atoms with Crippen LogP contribution in [0, 0.1) is 0 Å². The molecule has 0 radical (unpaired) electrons. The monoisotopic (exact) mass is 257 g/mol. The largest absolute Gasteiger partial charge is 0.462 e. The third-order valence-electron chi connectivity index (χ3n) is 2.90. The van der Waals surface area contributed by atoms with Crippen molar-refractivity contribution < 1.29 is 14.3 Å². The van der Waals surface area contributed by atoms with Crippen molar-refractivity contribution in [1.82, 2.24) is 9.96 Å². The minimum atomic E-state index is -0.754. The van der Waals surface area contributed by atoms with E-state index < -0.39 is 5.83 Å². The molecule has 0 aromatic rings. The molecule has 0 aliphatic carbocycles. The molecule has 102 valence electrons. The molecule has 1 saturated heterocycles. The lowest BCUT2D eigenvalue weighted by Crippen LogP contribution is -2.34. The summed E-state index contributed by atoms with van der Waals surface area (Å²) in [6.45, 7) is 7.89. The molecule has 6 heteroatoms. The van der Waals surface area contributed by atoms with Crippen LogP contribution in [0.5, 0.6) is 0 Å². The van der Waals surface area contributed by atoms with Crippen LogP contribution in [-0.4, -0.2) is 54.5 Å². The van der Waals surface area contributed by atoms with Gasteiger partial charge in [-0.3, -0.25) is 5.21 Å². The number of hydrogen-bond acceptors (Lipinski definition) is 4. The van der Waals surface area contributed by atoms with E-state index in [1.165, 1.54) is 7.05 Å². The van der Waals surface area contributed by atoms with Crippen molar-refractivity contribution in [3.63, 3.8) is 0 Å². The summed E-state index contributed by atoms with van der Waals surface area (Å²) in [6, 6.07) is 0.205. The van der Waals surface area contributed by atoms with Crippen molar-refractivity contribution in [3.8, 4) is 0 Å². The Kier molecular flexibility index (Phi) is 5.30. The molecule has 0 bridgehead atoms. The van der Waals surface area contributed by atoms with Gasteiger partial charge in [0.2, 0.25) is 0 Å². The van der Waals surface area contributed by atoms with Crippen molar-refractivity contribution in [1.29, 1.82) is 0 Å². The Morgan fingerprint density at radius 1 is 1.61 bits per heavy atom. The highest BCUT2D eigenvalue weighted by Gasteiger charge is 2.22. The fraction of sp³-hybridized carbons (Fsp3) is 0.583. The SMILES string of the molecule is C=C(F)C(=C)/N=C(/OC[C@@H]1CCCN1C)N(C)O.